The molecule has 0 aliphatic rings. The molecule has 0 spiro atoms. The third-order valence-electron chi connectivity index (χ3n) is 8.79. The van der Waals surface area contributed by atoms with Crippen LogP contribution in [0.3, 0.4) is 0 Å². The van der Waals surface area contributed by atoms with Gasteiger partial charge in [-0.05, 0) is 144 Å². The molecule has 3 aromatic rings. The van der Waals surface area contributed by atoms with Crippen LogP contribution in [0.2, 0.25) is 0 Å². The molecule has 2 unspecified atom stereocenters. The van der Waals surface area contributed by atoms with Crippen LogP contribution < -0.4 is 36.1 Å². The summed E-state index contributed by atoms with van der Waals surface area (Å²) < 4.78 is 10.3. The Morgan fingerprint density at radius 1 is 0.660 bits per heavy atom. The van der Waals surface area contributed by atoms with Gasteiger partial charge in [-0.3, -0.25) is 9.59 Å². The fraction of sp³-hybridized carbons (Fsp3) is 0.512. The minimum Gasteiger partial charge on any atom is -0.504 e. The van der Waals surface area contributed by atoms with Gasteiger partial charge in [0.25, 0.3) is 0 Å². The summed E-state index contributed by atoms with van der Waals surface area (Å²) in [5, 5.41) is 45.2. The molecule has 3 rings (SSSR count). The summed E-state index contributed by atoms with van der Waals surface area (Å²) in [6.45, 7) is 14.8. The molecule has 0 aliphatic carbocycles. The van der Waals surface area contributed by atoms with Crippen molar-refractivity contribution in [2.24, 2.45) is 0 Å². The van der Waals surface area contributed by atoms with Gasteiger partial charge in [-0.15, -0.1) is 0 Å². The molecule has 2 atom stereocenters. The van der Waals surface area contributed by atoms with Crippen molar-refractivity contribution in [3.05, 3.63) is 82.4 Å². The van der Waals surface area contributed by atoms with E-state index in [1.807, 2.05) is 63.2 Å². The van der Waals surface area contributed by atoms with E-state index >= 15 is 0 Å². The summed E-state index contributed by atoms with van der Waals surface area (Å²) in [5.41, 5.74) is 5.21. The van der Waals surface area contributed by atoms with Crippen LogP contribution in [0.15, 0.2) is 54.6 Å². The van der Waals surface area contributed by atoms with E-state index in [1.165, 1.54) is 19.8 Å². The molecule has 1 amide bonds. The minimum absolute atomic E-state index is 0.142. The van der Waals surface area contributed by atoms with Gasteiger partial charge in [-0.2, -0.15) is 0 Å². The lowest BCUT2D eigenvalue weighted by atomic mass is 9.90. The lowest BCUT2D eigenvalue weighted by Crippen LogP contribution is -2.33. The third-order valence-corrected chi connectivity index (χ3v) is 8.79. The highest BCUT2D eigenvalue weighted by molar-refractivity contribution is 5.77. The fourth-order valence-corrected chi connectivity index (χ4v) is 5.68. The summed E-state index contributed by atoms with van der Waals surface area (Å²) in [4.78, 5) is 22.4. The van der Waals surface area contributed by atoms with Crippen LogP contribution in [0.4, 0.5) is 0 Å². The van der Waals surface area contributed by atoms with Gasteiger partial charge >= 0.3 is 5.97 Å². The van der Waals surface area contributed by atoms with Gasteiger partial charge in [0.05, 0.1) is 20.1 Å². The van der Waals surface area contributed by atoms with Crippen molar-refractivity contribution < 1.29 is 34.4 Å². The molecule has 0 bridgehead atoms. The zero-order valence-corrected chi connectivity index (χ0v) is 32.5. The number of methoxy groups -OCH3 is 2. The van der Waals surface area contributed by atoms with Crippen molar-refractivity contribution in [2.45, 2.75) is 84.8 Å². The molecule has 12 heteroatoms. The summed E-state index contributed by atoms with van der Waals surface area (Å²) in [6.07, 6.45) is 4.90. The number of carboxylic acids is 1. The Bertz CT molecular complexity index is 1450. The average Bonchev–Trinajstić information content (AvgIpc) is 3.12. The maximum atomic E-state index is 11.4. The quantitative estimate of drug-likeness (QED) is 0.0574. The van der Waals surface area contributed by atoms with Crippen molar-refractivity contribution in [1.82, 2.24) is 26.6 Å². The molecule has 3 aromatic carbocycles. The van der Waals surface area contributed by atoms with E-state index < -0.39 is 11.9 Å². The Balaban J connectivity index is 0.000000432. The third kappa shape index (κ3) is 18.3. The van der Waals surface area contributed by atoms with Crippen molar-refractivity contribution in [1.29, 1.82) is 0 Å². The van der Waals surface area contributed by atoms with Crippen molar-refractivity contribution in [2.75, 3.05) is 53.5 Å². The largest absolute Gasteiger partial charge is 0.504 e. The summed E-state index contributed by atoms with van der Waals surface area (Å²) in [7, 11) is 3.12. The minimum atomic E-state index is -0.861. The summed E-state index contributed by atoms with van der Waals surface area (Å²) >= 11 is 0. The summed E-state index contributed by atoms with van der Waals surface area (Å²) in [5.74, 6) is -0.228. The average molecular weight is 738 g/mol. The highest BCUT2D eigenvalue weighted by atomic mass is 16.5. The summed E-state index contributed by atoms with van der Waals surface area (Å²) in [6, 6.07) is 16.4. The lowest BCUT2D eigenvalue weighted by molar-refractivity contribution is -0.139. The van der Waals surface area contributed by atoms with Crippen LogP contribution in [0.5, 0.6) is 23.0 Å². The normalized spacial score (nSPS) is 12.0. The molecule has 0 heterocycles. The van der Waals surface area contributed by atoms with Crippen LogP contribution in [0.1, 0.15) is 79.7 Å². The first kappa shape index (κ1) is 44.8. The molecule has 0 aromatic heterocycles. The first-order chi connectivity index (χ1) is 25.4. The number of carbonyl (C=O) groups is 2. The highest BCUT2D eigenvalue weighted by Crippen LogP contribution is 2.27. The molecule has 53 heavy (non-hydrogen) atoms. The molecule has 8 N–H and O–H groups in total. The first-order valence-corrected chi connectivity index (χ1v) is 18.6. The monoisotopic (exact) mass is 737 g/mol. The SMILES string of the molecule is CC(=O)NC(C)CC(C(=O)O)c1ccc(C)c(C)c1.COc1cc(CNCCCNCCCCNCCCNCc2ccc(O)c(OC)c2)ccc1O. The number of carboxylic acid groups (broad SMARTS) is 1. The van der Waals surface area contributed by atoms with E-state index in [0.29, 0.717) is 17.9 Å². The zero-order valence-electron chi connectivity index (χ0n) is 32.5. The number of carbonyl (C=O) groups excluding carboxylic acids is 1. The molecule has 294 valence electrons. The molecule has 12 nitrogen and oxygen atoms in total. The zero-order chi connectivity index (χ0) is 39.0. The molecule has 0 saturated carbocycles. The van der Waals surface area contributed by atoms with E-state index in [-0.39, 0.29) is 23.4 Å². The van der Waals surface area contributed by atoms with E-state index in [0.717, 1.165) is 93.0 Å². The lowest BCUT2D eigenvalue weighted by Gasteiger charge is -2.19. The topological polar surface area (TPSA) is 173 Å². The maximum Gasteiger partial charge on any atom is 0.311 e. The van der Waals surface area contributed by atoms with Crippen LogP contribution in [0, 0.1) is 13.8 Å². The number of hydrogen-bond donors (Lipinski definition) is 8. The van der Waals surface area contributed by atoms with Crippen molar-refractivity contribution >= 4 is 11.9 Å². The van der Waals surface area contributed by atoms with Gasteiger partial charge in [-0.1, -0.05) is 30.3 Å². The Hall–Kier alpha value is -4.36. The Labute approximate surface area is 316 Å². The standard InChI is InChI=1S/C26H42N4O4.C15H21NO3/c1-33-25-17-21(7-9-23(25)31)19-29-15-5-13-27-11-3-4-12-28-14-6-16-30-20-22-8-10-24(32)26(18-22)34-2;1-9-5-6-13(7-10(9)2)14(15(18)19)8-11(3)16-12(4)17/h7-10,17-18,27-32H,3-6,11-16,19-20H2,1-2H3;5-7,11,14H,8H2,1-4H3,(H,16,17)(H,18,19). The Kier molecular flexibility index (Phi) is 21.6. The van der Waals surface area contributed by atoms with E-state index in [1.54, 1.807) is 26.4 Å². The van der Waals surface area contributed by atoms with Crippen LogP contribution >= 0.6 is 0 Å². The second-order valence-corrected chi connectivity index (χ2v) is 13.4. The number of nitrogens with one attached hydrogen (secondary N) is 5. The van der Waals surface area contributed by atoms with Crippen molar-refractivity contribution in [3.63, 3.8) is 0 Å². The predicted octanol–water partition coefficient (Wildman–Crippen LogP) is 5.12. The van der Waals surface area contributed by atoms with Gasteiger partial charge in [0.15, 0.2) is 23.0 Å². The number of unbranched alkanes of at least 4 members (excludes halogenated alkanes) is 1. The predicted molar refractivity (Wildman–Crippen MR) is 211 cm³/mol. The number of amides is 1. The first-order valence-electron chi connectivity index (χ1n) is 18.6. The number of ether oxygens (including phenoxy) is 2. The highest BCUT2D eigenvalue weighted by Gasteiger charge is 2.23. The molecule has 0 fully saturated rings. The van der Waals surface area contributed by atoms with Crippen LogP contribution in [-0.2, 0) is 22.7 Å². The van der Waals surface area contributed by atoms with Crippen LogP contribution in [0.25, 0.3) is 0 Å². The van der Waals surface area contributed by atoms with E-state index in [2.05, 4.69) is 26.6 Å². The van der Waals surface area contributed by atoms with Crippen LogP contribution in [-0.4, -0.2) is 86.7 Å². The number of phenols is 2. The smallest absolute Gasteiger partial charge is 0.311 e. The molecule has 0 radical (unpaired) electrons. The number of benzene rings is 3. The number of aliphatic carboxylic acids is 1. The molecule has 0 aliphatic heterocycles. The van der Waals surface area contributed by atoms with Crippen molar-refractivity contribution in [3.8, 4) is 23.0 Å². The van der Waals surface area contributed by atoms with Gasteiger partial charge in [0.1, 0.15) is 0 Å². The Morgan fingerprint density at radius 3 is 1.57 bits per heavy atom. The van der Waals surface area contributed by atoms with Gasteiger partial charge < -0.3 is 51.4 Å². The van der Waals surface area contributed by atoms with E-state index in [9.17, 15) is 24.9 Å². The second kappa shape index (κ2) is 25.6. The Morgan fingerprint density at radius 2 is 1.13 bits per heavy atom. The molecule has 0 saturated heterocycles. The molecular formula is C41H63N5O7. The second-order valence-electron chi connectivity index (χ2n) is 13.4. The van der Waals surface area contributed by atoms with Gasteiger partial charge in [0, 0.05) is 26.1 Å². The number of aromatic hydroxyl groups is 2. The number of rotatable bonds is 24. The number of phenolic OH excluding ortho intramolecular Hbond substituents is 2. The van der Waals surface area contributed by atoms with E-state index in [4.69, 9.17) is 9.47 Å². The van der Waals surface area contributed by atoms with Gasteiger partial charge in [-0.25, -0.2) is 0 Å². The maximum absolute atomic E-state index is 11.4. The number of aryl methyl sites for hydroxylation is 2. The molecular weight excluding hydrogens is 674 g/mol. The van der Waals surface area contributed by atoms with Gasteiger partial charge in [0.2, 0.25) is 5.91 Å². The number of hydrogen-bond acceptors (Lipinski definition) is 10. The fourth-order valence-electron chi connectivity index (χ4n) is 5.68.